The first-order valence-electron chi connectivity index (χ1n) is 7.04. The van der Waals surface area contributed by atoms with Gasteiger partial charge in [-0.1, -0.05) is 18.9 Å². The van der Waals surface area contributed by atoms with E-state index in [2.05, 4.69) is 10.2 Å². The molecular formula is C15H22N2O2. The van der Waals surface area contributed by atoms with Crippen molar-refractivity contribution < 1.29 is 9.90 Å². The fourth-order valence-electron chi connectivity index (χ4n) is 2.56. The van der Waals surface area contributed by atoms with Gasteiger partial charge in [-0.2, -0.15) is 0 Å². The lowest BCUT2D eigenvalue weighted by molar-refractivity contribution is -0.105. The number of hydrogen-bond acceptors (Lipinski definition) is 3. The fourth-order valence-corrected chi connectivity index (χ4v) is 2.56. The standard InChI is InChI=1S/C15H22N2O2/c18-12-16-14-11-13(5-6-15(14)19)7-10-17-8-3-1-2-4-9-17/h5-6,11-12,19H,1-4,7-10H2,(H,16,18). The zero-order valence-corrected chi connectivity index (χ0v) is 11.3. The van der Waals surface area contributed by atoms with Crippen LogP contribution in [0.15, 0.2) is 18.2 Å². The van der Waals surface area contributed by atoms with Crippen molar-refractivity contribution in [1.82, 2.24) is 4.90 Å². The Bertz CT molecular complexity index is 413. The van der Waals surface area contributed by atoms with Crippen molar-refractivity contribution in [3.05, 3.63) is 23.8 Å². The minimum absolute atomic E-state index is 0.116. The molecule has 0 spiro atoms. The number of likely N-dealkylation sites (tertiary alicyclic amines) is 1. The number of amides is 1. The molecule has 19 heavy (non-hydrogen) atoms. The number of phenols is 1. The monoisotopic (exact) mass is 262 g/mol. The van der Waals surface area contributed by atoms with Crippen LogP contribution in [0.5, 0.6) is 5.75 Å². The predicted octanol–water partition coefficient (Wildman–Crippen LogP) is 2.38. The maximum absolute atomic E-state index is 10.5. The normalized spacial score (nSPS) is 16.8. The highest BCUT2D eigenvalue weighted by atomic mass is 16.3. The number of carbonyl (C=O) groups excluding carboxylic acids is 1. The molecule has 0 radical (unpaired) electrons. The summed E-state index contributed by atoms with van der Waals surface area (Å²) in [6.45, 7) is 3.43. The molecule has 1 aliphatic heterocycles. The lowest BCUT2D eigenvalue weighted by atomic mass is 10.1. The molecule has 0 aromatic heterocycles. The topological polar surface area (TPSA) is 52.6 Å². The van der Waals surface area contributed by atoms with Gasteiger partial charge in [0.1, 0.15) is 5.75 Å². The Kier molecular flexibility index (Phi) is 5.21. The van der Waals surface area contributed by atoms with Gasteiger partial charge in [0.2, 0.25) is 6.41 Å². The molecule has 0 saturated carbocycles. The van der Waals surface area contributed by atoms with Crippen LogP contribution in [0.25, 0.3) is 0 Å². The van der Waals surface area contributed by atoms with Crippen LogP contribution >= 0.6 is 0 Å². The molecule has 1 aromatic rings. The molecule has 104 valence electrons. The molecular weight excluding hydrogens is 240 g/mol. The van der Waals surface area contributed by atoms with Gasteiger partial charge < -0.3 is 15.3 Å². The summed E-state index contributed by atoms with van der Waals surface area (Å²) in [5.41, 5.74) is 1.63. The van der Waals surface area contributed by atoms with E-state index >= 15 is 0 Å². The largest absolute Gasteiger partial charge is 0.506 e. The predicted molar refractivity (Wildman–Crippen MR) is 76.4 cm³/mol. The summed E-state index contributed by atoms with van der Waals surface area (Å²) in [6.07, 6.45) is 6.84. The Morgan fingerprint density at radius 2 is 1.95 bits per heavy atom. The molecule has 0 bridgehead atoms. The van der Waals surface area contributed by atoms with Gasteiger partial charge in [-0.05, 0) is 50.0 Å². The quantitative estimate of drug-likeness (QED) is 0.633. The summed E-state index contributed by atoms with van der Waals surface area (Å²) >= 11 is 0. The van der Waals surface area contributed by atoms with Crippen LogP contribution in [0, 0.1) is 0 Å². The van der Waals surface area contributed by atoms with Crippen molar-refractivity contribution in [3.8, 4) is 5.75 Å². The molecule has 1 aliphatic rings. The summed E-state index contributed by atoms with van der Waals surface area (Å²) in [5.74, 6) is 0.116. The maximum Gasteiger partial charge on any atom is 0.211 e. The number of hydrogen-bond donors (Lipinski definition) is 2. The number of aromatic hydroxyl groups is 1. The van der Waals surface area contributed by atoms with Gasteiger partial charge in [-0.25, -0.2) is 0 Å². The zero-order chi connectivity index (χ0) is 13.5. The van der Waals surface area contributed by atoms with Crippen LogP contribution in [0.2, 0.25) is 0 Å². The van der Waals surface area contributed by atoms with Crippen LogP contribution < -0.4 is 5.32 Å². The van der Waals surface area contributed by atoms with Crippen LogP contribution in [0.3, 0.4) is 0 Å². The summed E-state index contributed by atoms with van der Waals surface area (Å²) in [6, 6.07) is 5.41. The molecule has 2 N–H and O–H groups in total. The number of carbonyl (C=O) groups is 1. The van der Waals surface area contributed by atoms with Gasteiger partial charge in [0.25, 0.3) is 0 Å². The summed E-state index contributed by atoms with van der Waals surface area (Å²) in [7, 11) is 0. The molecule has 1 fully saturated rings. The minimum Gasteiger partial charge on any atom is -0.506 e. The Hall–Kier alpha value is -1.55. The first-order chi connectivity index (χ1) is 9.29. The molecule has 4 nitrogen and oxygen atoms in total. The zero-order valence-electron chi connectivity index (χ0n) is 11.3. The van der Waals surface area contributed by atoms with Gasteiger partial charge in [-0.3, -0.25) is 4.79 Å². The van der Waals surface area contributed by atoms with E-state index in [0.717, 1.165) is 18.5 Å². The molecule has 1 aromatic carbocycles. The SMILES string of the molecule is O=CNc1cc(CCN2CCCCCC2)ccc1O. The third kappa shape index (κ3) is 4.24. The van der Waals surface area contributed by atoms with Gasteiger partial charge >= 0.3 is 0 Å². The molecule has 2 rings (SSSR count). The van der Waals surface area contributed by atoms with Crippen LogP contribution in [-0.4, -0.2) is 36.1 Å². The third-order valence-electron chi connectivity index (χ3n) is 3.69. The number of benzene rings is 1. The molecule has 0 aliphatic carbocycles. The molecule has 1 heterocycles. The second kappa shape index (κ2) is 7.14. The van der Waals surface area contributed by atoms with E-state index in [4.69, 9.17) is 0 Å². The molecule has 1 amide bonds. The van der Waals surface area contributed by atoms with E-state index < -0.39 is 0 Å². The lowest BCUT2D eigenvalue weighted by Gasteiger charge is -2.19. The van der Waals surface area contributed by atoms with Crippen molar-refractivity contribution in [3.63, 3.8) is 0 Å². The first kappa shape index (κ1) is 13.9. The Morgan fingerprint density at radius 3 is 2.63 bits per heavy atom. The average molecular weight is 262 g/mol. The molecule has 4 heteroatoms. The van der Waals surface area contributed by atoms with Gasteiger partial charge in [0.15, 0.2) is 0 Å². The second-order valence-electron chi connectivity index (χ2n) is 5.12. The smallest absolute Gasteiger partial charge is 0.211 e. The summed E-state index contributed by atoms with van der Waals surface area (Å²) in [5, 5.41) is 12.1. The van der Waals surface area contributed by atoms with E-state index in [1.165, 1.54) is 38.8 Å². The van der Waals surface area contributed by atoms with Crippen LogP contribution in [0.1, 0.15) is 31.2 Å². The number of phenolic OH excluding ortho intramolecular Hbond substituents is 1. The van der Waals surface area contributed by atoms with Crippen molar-refractivity contribution >= 4 is 12.1 Å². The molecule has 0 unspecified atom stereocenters. The summed E-state index contributed by atoms with van der Waals surface area (Å²) < 4.78 is 0. The average Bonchev–Trinajstić information content (AvgIpc) is 2.68. The Balaban J connectivity index is 1.91. The summed E-state index contributed by atoms with van der Waals surface area (Å²) in [4.78, 5) is 13.0. The fraction of sp³-hybridized carbons (Fsp3) is 0.533. The Morgan fingerprint density at radius 1 is 1.21 bits per heavy atom. The third-order valence-corrected chi connectivity index (χ3v) is 3.69. The van der Waals surface area contributed by atoms with Gasteiger partial charge in [0.05, 0.1) is 5.69 Å². The van der Waals surface area contributed by atoms with E-state index in [-0.39, 0.29) is 5.75 Å². The lowest BCUT2D eigenvalue weighted by Crippen LogP contribution is -2.26. The minimum atomic E-state index is 0.116. The van der Waals surface area contributed by atoms with E-state index in [0.29, 0.717) is 12.1 Å². The Labute approximate surface area is 114 Å². The van der Waals surface area contributed by atoms with E-state index in [9.17, 15) is 9.90 Å². The maximum atomic E-state index is 10.5. The van der Waals surface area contributed by atoms with Gasteiger partial charge in [-0.15, -0.1) is 0 Å². The van der Waals surface area contributed by atoms with E-state index in [1.54, 1.807) is 6.07 Å². The highest BCUT2D eigenvalue weighted by Crippen LogP contribution is 2.24. The number of anilines is 1. The van der Waals surface area contributed by atoms with E-state index in [1.807, 2.05) is 12.1 Å². The molecule has 0 atom stereocenters. The number of nitrogens with one attached hydrogen (secondary N) is 1. The van der Waals surface area contributed by atoms with Crippen molar-refractivity contribution in [2.24, 2.45) is 0 Å². The highest BCUT2D eigenvalue weighted by molar-refractivity contribution is 5.75. The first-order valence-corrected chi connectivity index (χ1v) is 7.04. The van der Waals surface area contributed by atoms with Crippen molar-refractivity contribution in [2.75, 3.05) is 25.0 Å². The second-order valence-corrected chi connectivity index (χ2v) is 5.12. The van der Waals surface area contributed by atoms with Crippen molar-refractivity contribution in [2.45, 2.75) is 32.1 Å². The number of rotatable bonds is 5. The van der Waals surface area contributed by atoms with Crippen molar-refractivity contribution in [1.29, 1.82) is 0 Å². The molecule has 1 saturated heterocycles. The number of nitrogens with zero attached hydrogens (tertiary/aromatic N) is 1. The highest BCUT2D eigenvalue weighted by Gasteiger charge is 2.09. The van der Waals surface area contributed by atoms with Crippen LogP contribution in [0.4, 0.5) is 5.69 Å². The van der Waals surface area contributed by atoms with Crippen LogP contribution in [-0.2, 0) is 11.2 Å². The van der Waals surface area contributed by atoms with Gasteiger partial charge in [0, 0.05) is 6.54 Å².